The van der Waals surface area contributed by atoms with Crippen LogP contribution in [0.4, 0.5) is 0 Å². The van der Waals surface area contributed by atoms with E-state index in [2.05, 4.69) is 4.98 Å². The van der Waals surface area contributed by atoms with Crippen LogP contribution in [0.2, 0.25) is 0 Å². The summed E-state index contributed by atoms with van der Waals surface area (Å²) in [5, 5.41) is 10.8. The van der Waals surface area contributed by atoms with E-state index >= 15 is 0 Å². The Labute approximate surface area is 114 Å². The highest BCUT2D eigenvalue weighted by atomic mass is 32.2. The molecule has 6 heteroatoms. The molecule has 0 aromatic carbocycles. The van der Waals surface area contributed by atoms with Crippen molar-refractivity contribution in [2.45, 2.75) is 13.5 Å². The van der Waals surface area contributed by atoms with E-state index in [1.54, 1.807) is 22.7 Å². The van der Waals surface area contributed by atoms with E-state index < -0.39 is 0 Å². The fourth-order valence-corrected chi connectivity index (χ4v) is 3.33. The molecule has 0 bridgehead atoms. The second-order valence-electron chi connectivity index (χ2n) is 4.24. The number of thiophene rings is 1. The average Bonchev–Trinajstić information content (AvgIpc) is 2.85. The van der Waals surface area contributed by atoms with Crippen molar-refractivity contribution in [3.8, 4) is 0 Å². The Balaban J connectivity index is 1.95. The van der Waals surface area contributed by atoms with Crippen LogP contribution in [-0.4, -0.2) is 32.8 Å². The summed E-state index contributed by atoms with van der Waals surface area (Å²) in [6, 6.07) is 1.86. The largest absolute Gasteiger partial charge is 0.396 e. The molecule has 4 nitrogen and oxygen atoms in total. The van der Waals surface area contributed by atoms with Crippen molar-refractivity contribution in [2.24, 2.45) is 5.92 Å². The minimum atomic E-state index is 0.0470. The summed E-state index contributed by atoms with van der Waals surface area (Å²) in [5.74, 6) is 2.09. The Bertz CT molecular complexity index is 564. The number of thioether (sulfide) groups is 1. The first-order valence-corrected chi connectivity index (χ1v) is 7.87. The Morgan fingerprint density at radius 1 is 1.61 bits per heavy atom. The lowest BCUT2D eigenvalue weighted by Crippen LogP contribution is -2.21. The summed E-state index contributed by atoms with van der Waals surface area (Å²) in [6.45, 7) is 2.90. The molecule has 0 amide bonds. The first kappa shape index (κ1) is 13.6. The molecule has 1 N–H and O–H groups in total. The Kier molecular flexibility index (Phi) is 4.79. The van der Waals surface area contributed by atoms with Gasteiger partial charge in [0.25, 0.3) is 5.56 Å². The molecule has 0 saturated carbocycles. The summed E-state index contributed by atoms with van der Waals surface area (Å²) in [6.07, 6.45) is 1.62. The lowest BCUT2D eigenvalue weighted by Gasteiger charge is -2.08. The van der Waals surface area contributed by atoms with Gasteiger partial charge in [-0.1, -0.05) is 6.92 Å². The van der Waals surface area contributed by atoms with Crippen molar-refractivity contribution in [3.05, 3.63) is 28.1 Å². The first-order chi connectivity index (χ1) is 8.72. The van der Waals surface area contributed by atoms with E-state index in [0.717, 1.165) is 21.7 Å². The molecule has 2 heterocycles. The third-order valence-electron chi connectivity index (χ3n) is 2.63. The smallest absolute Gasteiger partial charge is 0.271 e. The Morgan fingerprint density at radius 2 is 2.44 bits per heavy atom. The predicted octanol–water partition coefficient (Wildman–Crippen LogP) is 1.82. The SMILES string of the molecule is CC(CO)CSCCn1cnc2ccsc2c1=O. The van der Waals surface area contributed by atoms with Gasteiger partial charge >= 0.3 is 0 Å². The summed E-state index contributed by atoms with van der Waals surface area (Å²) in [7, 11) is 0. The molecule has 1 unspecified atom stereocenters. The predicted molar refractivity (Wildman–Crippen MR) is 77.5 cm³/mol. The van der Waals surface area contributed by atoms with Crippen molar-refractivity contribution in [2.75, 3.05) is 18.1 Å². The number of aliphatic hydroxyl groups is 1. The topological polar surface area (TPSA) is 55.1 Å². The number of aromatic nitrogens is 2. The molecule has 2 aromatic rings. The van der Waals surface area contributed by atoms with Gasteiger partial charge in [0.05, 0.1) is 11.8 Å². The Morgan fingerprint density at radius 3 is 3.22 bits per heavy atom. The third kappa shape index (κ3) is 3.13. The molecule has 18 heavy (non-hydrogen) atoms. The van der Waals surface area contributed by atoms with E-state index in [9.17, 15) is 4.79 Å². The Hall–Kier alpha value is -0.850. The van der Waals surface area contributed by atoms with Crippen molar-refractivity contribution in [1.82, 2.24) is 9.55 Å². The van der Waals surface area contributed by atoms with Crippen molar-refractivity contribution < 1.29 is 5.11 Å². The first-order valence-electron chi connectivity index (χ1n) is 5.83. The van der Waals surface area contributed by atoms with Gasteiger partial charge in [-0.25, -0.2) is 4.98 Å². The summed E-state index contributed by atoms with van der Waals surface area (Å²) in [4.78, 5) is 16.3. The molecule has 1 atom stereocenters. The molecule has 0 saturated heterocycles. The molecule has 0 aliphatic carbocycles. The number of hydrogen-bond acceptors (Lipinski definition) is 5. The third-order valence-corrected chi connectivity index (χ3v) is 4.79. The zero-order chi connectivity index (χ0) is 13.0. The van der Waals surface area contributed by atoms with Crippen LogP contribution in [-0.2, 0) is 6.54 Å². The van der Waals surface area contributed by atoms with Gasteiger partial charge in [0.2, 0.25) is 0 Å². The number of nitrogens with zero attached hydrogens (tertiary/aromatic N) is 2. The van der Waals surface area contributed by atoms with Gasteiger partial charge in [0, 0.05) is 18.9 Å². The molecule has 0 aliphatic heterocycles. The van der Waals surface area contributed by atoms with Gasteiger partial charge in [0.15, 0.2) is 0 Å². The summed E-state index contributed by atoms with van der Waals surface area (Å²) < 4.78 is 2.39. The van der Waals surface area contributed by atoms with Gasteiger partial charge in [0.1, 0.15) is 4.70 Å². The van der Waals surface area contributed by atoms with E-state index in [4.69, 9.17) is 5.11 Å². The van der Waals surface area contributed by atoms with Gasteiger partial charge < -0.3 is 5.11 Å². The van der Waals surface area contributed by atoms with Crippen LogP contribution >= 0.6 is 23.1 Å². The van der Waals surface area contributed by atoms with E-state index in [1.165, 1.54) is 11.3 Å². The summed E-state index contributed by atoms with van der Waals surface area (Å²) in [5.41, 5.74) is 0.827. The zero-order valence-corrected chi connectivity index (χ0v) is 11.8. The fourth-order valence-electron chi connectivity index (χ4n) is 1.54. The molecule has 0 aliphatic rings. The molecular formula is C12H16N2O2S2. The average molecular weight is 284 g/mol. The maximum absolute atomic E-state index is 12.1. The lowest BCUT2D eigenvalue weighted by atomic mass is 10.2. The highest BCUT2D eigenvalue weighted by molar-refractivity contribution is 7.99. The standard InChI is InChI=1S/C12H16N2O2S2/c1-9(6-15)7-17-5-3-14-8-13-10-2-4-18-11(10)12(14)16/h2,4,8-9,15H,3,5-7H2,1H3. The monoisotopic (exact) mass is 284 g/mol. The van der Waals surface area contributed by atoms with Crippen molar-refractivity contribution >= 4 is 33.3 Å². The molecule has 0 spiro atoms. The second-order valence-corrected chi connectivity index (χ2v) is 6.31. The maximum Gasteiger partial charge on any atom is 0.271 e. The molecule has 98 valence electrons. The zero-order valence-electron chi connectivity index (χ0n) is 10.2. The van der Waals surface area contributed by atoms with E-state index in [0.29, 0.717) is 12.5 Å². The number of aliphatic hydroxyl groups excluding tert-OH is 1. The number of aryl methyl sites for hydroxylation is 1. The van der Waals surface area contributed by atoms with Gasteiger partial charge in [-0.05, 0) is 23.1 Å². The van der Waals surface area contributed by atoms with Gasteiger partial charge in [-0.3, -0.25) is 9.36 Å². The van der Waals surface area contributed by atoms with Crippen LogP contribution in [0.1, 0.15) is 6.92 Å². The maximum atomic E-state index is 12.1. The second kappa shape index (κ2) is 6.36. The number of rotatable bonds is 6. The molecular weight excluding hydrogens is 268 g/mol. The number of hydrogen-bond donors (Lipinski definition) is 1. The number of fused-ring (bicyclic) bond motifs is 1. The quantitative estimate of drug-likeness (QED) is 0.822. The van der Waals surface area contributed by atoms with E-state index in [1.807, 2.05) is 18.4 Å². The van der Waals surface area contributed by atoms with Crippen LogP contribution in [0, 0.1) is 5.92 Å². The minimum Gasteiger partial charge on any atom is -0.396 e. The minimum absolute atomic E-state index is 0.0470. The van der Waals surface area contributed by atoms with Gasteiger partial charge in [-0.15, -0.1) is 11.3 Å². The van der Waals surface area contributed by atoms with Crippen LogP contribution in [0.3, 0.4) is 0 Å². The van der Waals surface area contributed by atoms with E-state index in [-0.39, 0.29) is 12.2 Å². The molecule has 0 radical (unpaired) electrons. The van der Waals surface area contributed by atoms with Crippen molar-refractivity contribution in [1.29, 1.82) is 0 Å². The fraction of sp³-hybridized carbons (Fsp3) is 0.500. The highest BCUT2D eigenvalue weighted by Crippen LogP contribution is 2.13. The van der Waals surface area contributed by atoms with Crippen LogP contribution in [0.5, 0.6) is 0 Å². The highest BCUT2D eigenvalue weighted by Gasteiger charge is 2.05. The lowest BCUT2D eigenvalue weighted by molar-refractivity contribution is 0.250. The van der Waals surface area contributed by atoms with Gasteiger partial charge in [-0.2, -0.15) is 11.8 Å². The van der Waals surface area contributed by atoms with Crippen LogP contribution in [0.15, 0.2) is 22.6 Å². The molecule has 2 rings (SSSR count). The van der Waals surface area contributed by atoms with Crippen LogP contribution in [0.25, 0.3) is 10.2 Å². The van der Waals surface area contributed by atoms with Crippen molar-refractivity contribution in [3.63, 3.8) is 0 Å². The molecule has 0 fully saturated rings. The summed E-state index contributed by atoms with van der Waals surface area (Å²) >= 11 is 3.19. The van der Waals surface area contributed by atoms with Crippen LogP contribution < -0.4 is 5.56 Å². The molecule has 2 aromatic heterocycles. The normalized spacial score (nSPS) is 13.0.